The summed E-state index contributed by atoms with van der Waals surface area (Å²) in [5.74, 6) is -0.916. The number of halogens is 4. The quantitative estimate of drug-likeness (QED) is 0.381. The number of benzene rings is 2. The molecule has 0 radical (unpaired) electrons. The van der Waals surface area contributed by atoms with E-state index in [4.69, 9.17) is 0 Å². The number of nitrogens with one attached hydrogen (secondary N) is 2. The van der Waals surface area contributed by atoms with Gasteiger partial charge in [-0.05, 0) is 48.5 Å². The van der Waals surface area contributed by atoms with Crippen LogP contribution in [0.15, 0.2) is 71.7 Å². The molecule has 0 atom stereocenters. The van der Waals surface area contributed by atoms with Crippen LogP contribution in [0, 0.1) is 5.82 Å². The van der Waals surface area contributed by atoms with Crippen molar-refractivity contribution < 1.29 is 22.4 Å². The number of pyridine rings is 1. The van der Waals surface area contributed by atoms with Crippen molar-refractivity contribution >= 4 is 17.3 Å². The summed E-state index contributed by atoms with van der Waals surface area (Å²) in [5.41, 5.74) is 5.59. The van der Waals surface area contributed by atoms with Gasteiger partial charge in [-0.15, -0.1) is 0 Å². The number of anilines is 2. The van der Waals surface area contributed by atoms with Crippen LogP contribution in [-0.2, 0) is 12.7 Å². The predicted octanol–water partition coefficient (Wildman–Crippen LogP) is 3.59. The first-order valence-corrected chi connectivity index (χ1v) is 11.4. The van der Waals surface area contributed by atoms with Crippen molar-refractivity contribution in [2.75, 3.05) is 43.0 Å². The number of aromatic nitrogens is 1. The summed E-state index contributed by atoms with van der Waals surface area (Å²) >= 11 is 0. The zero-order chi connectivity index (χ0) is 25.7. The van der Waals surface area contributed by atoms with Crippen molar-refractivity contribution in [3.8, 4) is 0 Å². The average Bonchev–Trinajstić information content (AvgIpc) is 2.87. The molecule has 3 aromatic rings. The maximum Gasteiger partial charge on any atom is 0.416 e. The van der Waals surface area contributed by atoms with E-state index < -0.39 is 23.5 Å². The SMILES string of the molecule is O=C(NNc1cccc(F)c1)c1ccc(=O)n(CCN2CCN(c3ccc(C(F)(F)F)cc3)CC2)c1. The molecule has 0 unspecified atom stereocenters. The highest BCUT2D eigenvalue weighted by molar-refractivity contribution is 5.94. The van der Waals surface area contributed by atoms with Gasteiger partial charge in [-0.25, -0.2) is 4.39 Å². The zero-order valence-corrected chi connectivity index (χ0v) is 19.3. The summed E-state index contributed by atoms with van der Waals surface area (Å²) in [6.45, 7) is 3.62. The minimum absolute atomic E-state index is 0.243. The van der Waals surface area contributed by atoms with Gasteiger partial charge in [0.25, 0.3) is 11.5 Å². The lowest BCUT2D eigenvalue weighted by molar-refractivity contribution is -0.137. The van der Waals surface area contributed by atoms with Crippen LogP contribution in [0.25, 0.3) is 0 Å². The van der Waals surface area contributed by atoms with E-state index in [1.807, 2.05) is 4.90 Å². The molecule has 1 fully saturated rings. The van der Waals surface area contributed by atoms with E-state index in [2.05, 4.69) is 15.8 Å². The number of alkyl halides is 3. The number of carbonyl (C=O) groups excluding carboxylic acids is 1. The molecule has 2 N–H and O–H groups in total. The third-order valence-electron chi connectivity index (χ3n) is 5.98. The van der Waals surface area contributed by atoms with Crippen molar-refractivity contribution in [3.05, 3.63) is 94.2 Å². The topological polar surface area (TPSA) is 69.6 Å². The molecule has 7 nitrogen and oxygen atoms in total. The third kappa shape index (κ3) is 6.42. The van der Waals surface area contributed by atoms with Gasteiger partial charge in [-0.3, -0.25) is 25.3 Å². The minimum Gasteiger partial charge on any atom is -0.369 e. The van der Waals surface area contributed by atoms with E-state index in [0.29, 0.717) is 45.0 Å². The number of hydrogen-bond acceptors (Lipinski definition) is 5. The molecule has 1 saturated heterocycles. The molecule has 1 aromatic heterocycles. The highest BCUT2D eigenvalue weighted by atomic mass is 19.4. The maximum absolute atomic E-state index is 13.3. The molecule has 1 aliphatic heterocycles. The number of rotatable bonds is 7. The Morgan fingerprint density at radius 1 is 0.917 bits per heavy atom. The summed E-state index contributed by atoms with van der Waals surface area (Å²) in [6.07, 6.45) is -2.88. The van der Waals surface area contributed by atoms with Crippen molar-refractivity contribution in [2.45, 2.75) is 12.7 Å². The number of nitrogens with zero attached hydrogens (tertiary/aromatic N) is 3. The van der Waals surface area contributed by atoms with Gasteiger partial charge in [0.05, 0.1) is 16.8 Å². The van der Waals surface area contributed by atoms with Crippen LogP contribution >= 0.6 is 0 Å². The number of piperazine rings is 1. The fraction of sp³-hybridized carbons (Fsp3) is 0.280. The monoisotopic (exact) mass is 503 g/mol. The van der Waals surface area contributed by atoms with Crippen LogP contribution in [0.5, 0.6) is 0 Å². The molecule has 36 heavy (non-hydrogen) atoms. The molecule has 2 heterocycles. The zero-order valence-electron chi connectivity index (χ0n) is 19.3. The van der Waals surface area contributed by atoms with E-state index in [1.165, 1.54) is 53.2 Å². The summed E-state index contributed by atoms with van der Waals surface area (Å²) in [6, 6.07) is 13.5. The molecule has 1 amide bonds. The molecule has 0 aliphatic carbocycles. The summed E-state index contributed by atoms with van der Waals surface area (Å²) < 4.78 is 53.1. The Morgan fingerprint density at radius 3 is 2.31 bits per heavy atom. The molecular weight excluding hydrogens is 478 g/mol. The molecule has 190 valence electrons. The smallest absolute Gasteiger partial charge is 0.369 e. The Balaban J connectivity index is 1.28. The van der Waals surface area contributed by atoms with E-state index in [-0.39, 0.29) is 11.1 Å². The van der Waals surface area contributed by atoms with Gasteiger partial charge in [-0.2, -0.15) is 13.2 Å². The first-order chi connectivity index (χ1) is 17.2. The van der Waals surface area contributed by atoms with Crippen molar-refractivity contribution in [1.82, 2.24) is 14.9 Å². The number of hydrazine groups is 1. The highest BCUT2D eigenvalue weighted by Gasteiger charge is 2.30. The normalized spacial score (nSPS) is 14.5. The Labute approximate surface area is 204 Å². The molecule has 4 rings (SSSR count). The van der Waals surface area contributed by atoms with Gasteiger partial charge in [0.1, 0.15) is 5.82 Å². The molecule has 0 bridgehead atoms. The maximum atomic E-state index is 13.3. The van der Waals surface area contributed by atoms with Gasteiger partial charge in [0.15, 0.2) is 0 Å². The minimum atomic E-state index is -4.36. The van der Waals surface area contributed by atoms with Crippen molar-refractivity contribution in [1.29, 1.82) is 0 Å². The van der Waals surface area contributed by atoms with Gasteiger partial charge in [-0.1, -0.05) is 6.07 Å². The van der Waals surface area contributed by atoms with Crippen molar-refractivity contribution in [2.24, 2.45) is 0 Å². The molecular formula is C25H25F4N5O2. The second-order valence-electron chi connectivity index (χ2n) is 8.41. The van der Waals surface area contributed by atoms with Gasteiger partial charge < -0.3 is 9.47 Å². The lowest BCUT2D eigenvalue weighted by atomic mass is 10.1. The molecule has 0 spiro atoms. The Bertz CT molecular complexity index is 1250. The Morgan fingerprint density at radius 2 is 1.64 bits per heavy atom. The van der Waals surface area contributed by atoms with Crippen molar-refractivity contribution in [3.63, 3.8) is 0 Å². The fourth-order valence-corrected chi connectivity index (χ4v) is 3.95. The second kappa shape index (κ2) is 10.8. The van der Waals surface area contributed by atoms with Gasteiger partial charge in [0.2, 0.25) is 0 Å². The van der Waals surface area contributed by atoms with Crippen LogP contribution < -0.4 is 21.3 Å². The molecule has 1 aliphatic rings. The first kappa shape index (κ1) is 25.2. The Hall–Kier alpha value is -3.86. The van der Waals surface area contributed by atoms with Crippen LogP contribution in [0.2, 0.25) is 0 Å². The lowest BCUT2D eigenvalue weighted by Crippen LogP contribution is -2.47. The summed E-state index contributed by atoms with van der Waals surface area (Å²) in [4.78, 5) is 28.9. The van der Waals surface area contributed by atoms with E-state index in [0.717, 1.165) is 17.8 Å². The van der Waals surface area contributed by atoms with Gasteiger partial charge >= 0.3 is 6.18 Å². The molecule has 0 saturated carbocycles. The highest BCUT2D eigenvalue weighted by Crippen LogP contribution is 2.30. The van der Waals surface area contributed by atoms with Crippen LogP contribution in [0.1, 0.15) is 15.9 Å². The Kier molecular flexibility index (Phi) is 7.58. The molecule has 2 aromatic carbocycles. The second-order valence-corrected chi connectivity index (χ2v) is 8.41. The fourth-order valence-electron chi connectivity index (χ4n) is 3.95. The van der Waals surface area contributed by atoms with Gasteiger partial charge in [0, 0.05) is 57.2 Å². The standard InChI is InChI=1S/C25H25F4N5O2/c26-20-2-1-3-21(16-20)30-31-24(36)18-4-9-23(35)34(17-18)15-12-32-10-13-33(14-11-32)22-7-5-19(6-8-22)25(27,28)29/h1-9,16-17,30H,10-15H2,(H,31,36). The van der Waals surface area contributed by atoms with E-state index in [9.17, 15) is 27.2 Å². The third-order valence-corrected chi connectivity index (χ3v) is 5.98. The first-order valence-electron chi connectivity index (χ1n) is 11.4. The summed E-state index contributed by atoms with van der Waals surface area (Å²) in [5, 5.41) is 0. The number of amides is 1. The number of hydrogen-bond donors (Lipinski definition) is 2. The number of carbonyl (C=O) groups is 1. The predicted molar refractivity (Wildman–Crippen MR) is 128 cm³/mol. The van der Waals surface area contributed by atoms with E-state index >= 15 is 0 Å². The average molecular weight is 504 g/mol. The van der Waals surface area contributed by atoms with Crippen LogP contribution in [-0.4, -0.2) is 48.1 Å². The van der Waals surface area contributed by atoms with Crippen LogP contribution in [0.3, 0.4) is 0 Å². The van der Waals surface area contributed by atoms with Crippen LogP contribution in [0.4, 0.5) is 28.9 Å². The largest absolute Gasteiger partial charge is 0.416 e. The molecule has 11 heteroatoms. The van der Waals surface area contributed by atoms with E-state index in [1.54, 1.807) is 6.07 Å². The lowest BCUT2D eigenvalue weighted by Gasteiger charge is -2.36. The summed E-state index contributed by atoms with van der Waals surface area (Å²) in [7, 11) is 0.